The van der Waals surface area contributed by atoms with Crippen molar-refractivity contribution >= 4 is 0 Å². The lowest BCUT2D eigenvalue weighted by atomic mass is 9.46. The second-order valence-electron chi connectivity index (χ2n) is 9.84. The first kappa shape index (κ1) is 16.2. The van der Waals surface area contributed by atoms with Gasteiger partial charge in [-0.15, -0.1) is 0 Å². The summed E-state index contributed by atoms with van der Waals surface area (Å²) >= 11 is 0. The van der Waals surface area contributed by atoms with Crippen LogP contribution in [-0.4, -0.2) is 10.7 Å². The van der Waals surface area contributed by atoms with Crippen LogP contribution < -0.4 is 0 Å². The first-order chi connectivity index (χ1) is 10.9. The largest absolute Gasteiger partial charge is 0.390 e. The molecule has 0 radical (unpaired) electrons. The van der Waals surface area contributed by atoms with Crippen molar-refractivity contribution in [3.8, 4) is 0 Å². The van der Waals surface area contributed by atoms with Gasteiger partial charge in [-0.05, 0) is 113 Å². The topological polar surface area (TPSA) is 20.2 Å². The minimum Gasteiger partial charge on any atom is -0.390 e. The SMILES string of the molecule is C/C=C1/CCC[C@H]2[C@@H]3CC[C@@H]4C[C@](C)(O)CC[C@@H]4[C@H]3CC[C@]12C. The van der Waals surface area contributed by atoms with E-state index in [4.69, 9.17) is 0 Å². The molecule has 0 amide bonds. The second kappa shape index (κ2) is 5.61. The standard InChI is InChI=1S/C22H36O/c1-4-16-6-5-7-20-19-9-8-15-14-21(2,23)12-10-17(15)18(19)11-13-22(16,20)3/h4,15,17-20,23H,5-14H2,1-3H3/b16-4-/t15-,17+,18-,19-,20+,21-,22-/m1/s1. The number of allylic oxidation sites excluding steroid dienone is 2. The van der Waals surface area contributed by atoms with Gasteiger partial charge < -0.3 is 5.11 Å². The Morgan fingerprint density at radius 1 is 0.957 bits per heavy atom. The monoisotopic (exact) mass is 316 g/mol. The zero-order chi connectivity index (χ0) is 16.2. The Kier molecular flexibility index (Phi) is 3.95. The Labute approximate surface area is 142 Å². The van der Waals surface area contributed by atoms with Crippen LogP contribution in [0.15, 0.2) is 11.6 Å². The van der Waals surface area contributed by atoms with Gasteiger partial charge in [0.15, 0.2) is 0 Å². The summed E-state index contributed by atoms with van der Waals surface area (Å²) < 4.78 is 0. The van der Waals surface area contributed by atoms with E-state index in [0.29, 0.717) is 5.41 Å². The summed E-state index contributed by atoms with van der Waals surface area (Å²) in [4.78, 5) is 0. The van der Waals surface area contributed by atoms with Crippen molar-refractivity contribution in [3.63, 3.8) is 0 Å². The van der Waals surface area contributed by atoms with E-state index in [1.54, 1.807) is 5.57 Å². The van der Waals surface area contributed by atoms with Crippen molar-refractivity contribution in [2.24, 2.45) is 35.0 Å². The van der Waals surface area contributed by atoms with E-state index in [2.05, 4.69) is 26.8 Å². The highest BCUT2D eigenvalue weighted by Crippen LogP contribution is 2.63. The van der Waals surface area contributed by atoms with Gasteiger partial charge in [0.2, 0.25) is 0 Å². The Balaban J connectivity index is 1.58. The van der Waals surface area contributed by atoms with E-state index in [-0.39, 0.29) is 5.60 Å². The van der Waals surface area contributed by atoms with Gasteiger partial charge in [-0.3, -0.25) is 0 Å². The number of hydrogen-bond donors (Lipinski definition) is 1. The molecule has 0 aliphatic heterocycles. The molecule has 7 atom stereocenters. The minimum atomic E-state index is -0.375. The van der Waals surface area contributed by atoms with Crippen molar-refractivity contribution in [1.29, 1.82) is 0 Å². The Bertz CT molecular complexity index is 490. The highest BCUT2D eigenvalue weighted by Gasteiger charge is 2.54. The van der Waals surface area contributed by atoms with Crippen molar-refractivity contribution in [2.45, 2.75) is 90.6 Å². The average molecular weight is 317 g/mol. The molecule has 1 heteroatoms. The smallest absolute Gasteiger partial charge is 0.0622 e. The molecule has 4 aliphatic carbocycles. The third-order valence-corrected chi connectivity index (χ3v) is 8.67. The van der Waals surface area contributed by atoms with Crippen LogP contribution in [-0.2, 0) is 0 Å². The number of rotatable bonds is 0. The van der Waals surface area contributed by atoms with Gasteiger partial charge in [-0.1, -0.05) is 18.6 Å². The number of aliphatic hydroxyl groups is 1. The predicted molar refractivity (Wildman–Crippen MR) is 96.1 cm³/mol. The van der Waals surface area contributed by atoms with Crippen LogP contribution in [0, 0.1) is 35.0 Å². The first-order valence-electron chi connectivity index (χ1n) is 10.3. The van der Waals surface area contributed by atoms with E-state index >= 15 is 0 Å². The predicted octanol–water partition coefficient (Wildman–Crippen LogP) is 5.73. The normalized spacial score (nSPS) is 55.0. The maximum atomic E-state index is 10.5. The highest BCUT2D eigenvalue weighted by molar-refractivity contribution is 5.20. The van der Waals surface area contributed by atoms with Crippen LogP contribution in [0.1, 0.15) is 85.0 Å². The van der Waals surface area contributed by atoms with E-state index in [9.17, 15) is 5.11 Å². The van der Waals surface area contributed by atoms with E-state index < -0.39 is 0 Å². The van der Waals surface area contributed by atoms with E-state index in [0.717, 1.165) is 42.4 Å². The van der Waals surface area contributed by atoms with E-state index in [1.165, 1.54) is 51.4 Å². The lowest BCUT2D eigenvalue weighted by molar-refractivity contribution is -0.0995. The van der Waals surface area contributed by atoms with Gasteiger partial charge in [0, 0.05) is 0 Å². The zero-order valence-corrected chi connectivity index (χ0v) is 15.5. The fraction of sp³-hybridized carbons (Fsp3) is 0.909. The molecule has 4 rings (SSSR count). The second-order valence-corrected chi connectivity index (χ2v) is 9.84. The molecule has 1 N–H and O–H groups in total. The molecular formula is C22H36O. The van der Waals surface area contributed by atoms with Crippen LogP contribution in [0.5, 0.6) is 0 Å². The fourth-order valence-electron chi connectivity index (χ4n) is 7.61. The first-order valence-corrected chi connectivity index (χ1v) is 10.3. The molecule has 130 valence electrons. The highest BCUT2D eigenvalue weighted by atomic mass is 16.3. The maximum absolute atomic E-state index is 10.5. The summed E-state index contributed by atoms with van der Waals surface area (Å²) in [7, 11) is 0. The molecule has 0 unspecified atom stereocenters. The minimum absolute atomic E-state index is 0.375. The lowest BCUT2D eigenvalue weighted by Gasteiger charge is -2.59. The summed E-state index contributed by atoms with van der Waals surface area (Å²) in [6, 6.07) is 0. The fourth-order valence-corrected chi connectivity index (χ4v) is 7.61. The lowest BCUT2D eigenvalue weighted by Crippen LogP contribution is -2.52. The van der Waals surface area contributed by atoms with Crippen LogP contribution in [0.2, 0.25) is 0 Å². The Hall–Kier alpha value is -0.300. The summed E-state index contributed by atoms with van der Waals surface area (Å²) in [6.45, 7) is 6.95. The Morgan fingerprint density at radius 2 is 1.74 bits per heavy atom. The van der Waals surface area contributed by atoms with Crippen molar-refractivity contribution < 1.29 is 5.11 Å². The molecule has 1 nitrogen and oxygen atoms in total. The van der Waals surface area contributed by atoms with Crippen molar-refractivity contribution in [1.82, 2.24) is 0 Å². The van der Waals surface area contributed by atoms with Gasteiger partial charge in [-0.25, -0.2) is 0 Å². The molecule has 0 aromatic rings. The summed E-state index contributed by atoms with van der Waals surface area (Å²) in [6.07, 6.45) is 15.8. The third-order valence-electron chi connectivity index (χ3n) is 8.67. The number of fused-ring (bicyclic) bond motifs is 5. The molecule has 0 saturated heterocycles. The average Bonchev–Trinajstić information content (AvgIpc) is 2.52. The van der Waals surface area contributed by atoms with Crippen LogP contribution >= 0.6 is 0 Å². The molecule has 4 fully saturated rings. The summed E-state index contributed by atoms with van der Waals surface area (Å²) in [5, 5.41) is 10.5. The molecule has 0 spiro atoms. The van der Waals surface area contributed by atoms with Gasteiger partial charge in [0.25, 0.3) is 0 Å². The van der Waals surface area contributed by atoms with Crippen LogP contribution in [0.3, 0.4) is 0 Å². The van der Waals surface area contributed by atoms with Crippen LogP contribution in [0.4, 0.5) is 0 Å². The third kappa shape index (κ3) is 2.53. The molecule has 0 aromatic carbocycles. The quantitative estimate of drug-likeness (QED) is 0.566. The molecule has 4 aliphatic rings. The summed E-state index contributed by atoms with van der Waals surface area (Å²) in [5.74, 6) is 4.64. The van der Waals surface area contributed by atoms with E-state index in [1.807, 2.05) is 0 Å². The molecule has 23 heavy (non-hydrogen) atoms. The van der Waals surface area contributed by atoms with Gasteiger partial charge >= 0.3 is 0 Å². The van der Waals surface area contributed by atoms with Crippen molar-refractivity contribution in [3.05, 3.63) is 11.6 Å². The molecule has 0 aromatic heterocycles. The summed E-state index contributed by atoms with van der Waals surface area (Å²) in [5.41, 5.74) is 1.92. The van der Waals surface area contributed by atoms with Crippen molar-refractivity contribution in [2.75, 3.05) is 0 Å². The molecule has 4 saturated carbocycles. The van der Waals surface area contributed by atoms with Gasteiger partial charge in [0.05, 0.1) is 5.60 Å². The Morgan fingerprint density at radius 3 is 2.52 bits per heavy atom. The zero-order valence-electron chi connectivity index (χ0n) is 15.5. The number of hydrogen-bond acceptors (Lipinski definition) is 1. The maximum Gasteiger partial charge on any atom is 0.0622 e. The van der Waals surface area contributed by atoms with Gasteiger partial charge in [-0.2, -0.15) is 0 Å². The molecular weight excluding hydrogens is 280 g/mol. The molecule has 0 heterocycles. The molecule has 0 bridgehead atoms. The van der Waals surface area contributed by atoms with Gasteiger partial charge in [0.1, 0.15) is 0 Å². The van der Waals surface area contributed by atoms with Crippen LogP contribution in [0.25, 0.3) is 0 Å².